The van der Waals surface area contributed by atoms with Crippen LogP contribution in [0.25, 0.3) is 0 Å². The van der Waals surface area contributed by atoms with Gasteiger partial charge in [0.15, 0.2) is 0 Å². The van der Waals surface area contributed by atoms with Gasteiger partial charge in [-0.25, -0.2) is 9.59 Å². The minimum atomic E-state index is -0.536. The number of carbonyl (C=O) groups is 3. The fourth-order valence-electron chi connectivity index (χ4n) is 2.99. The number of methoxy groups -OCH3 is 1. The third kappa shape index (κ3) is 3.31. The quantitative estimate of drug-likeness (QED) is 0.766. The number of esters is 1. The van der Waals surface area contributed by atoms with Crippen molar-refractivity contribution in [2.75, 3.05) is 20.2 Å². The Labute approximate surface area is 146 Å². The van der Waals surface area contributed by atoms with Gasteiger partial charge in [0.2, 0.25) is 0 Å². The minimum Gasteiger partial charge on any atom is -0.465 e. The van der Waals surface area contributed by atoms with Crippen molar-refractivity contribution in [1.82, 2.24) is 9.80 Å². The van der Waals surface area contributed by atoms with Crippen LogP contribution in [0.5, 0.6) is 0 Å². The topological polar surface area (TPSA) is 76.2 Å². The molecule has 1 saturated heterocycles. The predicted molar refractivity (Wildman–Crippen MR) is 89.3 cm³/mol. The Morgan fingerprint density at radius 1 is 1.20 bits per heavy atom. The summed E-state index contributed by atoms with van der Waals surface area (Å²) in [5.74, 6) is -0.580. The van der Waals surface area contributed by atoms with Crippen LogP contribution in [0, 0.1) is 0 Å². The second kappa shape index (κ2) is 6.06. The standard InChI is InChI=1S/C18H22N2O5/c1-18(2,3)25-17(23)19-9-13(10-19)20-8-12-6-5-11(16(22)24-4)7-14(12)15(20)21/h5-7,13H,8-10H2,1-4H3. The molecule has 134 valence electrons. The van der Waals surface area contributed by atoms with Crippen molar-refractivity contribution in [3.63, 3.8) is 0 Å². The monoisotopic (exact) mass is 346 g/mol. The van der Waals surface area contributed by atoms with Crippen LogP contribution in [0.2, 0.25) is 0 Å². The Morgan fingerprint density at radius 2 is 1.88 bits per heavy atom. The number of hydrogen-bond donors (Lipinski definition) is 0. The van der Waals surface area contributed by atoms with Gasteiger partial charge in [-0.15, -0.1) is 0 Å². The molecular formula is C18H22N2O5. The SMILES string of the molecule is COC(=O)c1ccc2c(c1)C(=O)N(C1CN(C(=O)OC(C)(C)C)C1)C2. The van der Waals surface area contributed by atoms with Crippen LogP contribution in [0.3, 0.4) is 0 Å². The smallest absolute Gasteiger partial charge is 0.410 e. The highest BCUT2D eigenvalue weighted by Crippen LogP contribution is 2.29. The van der Waals surface area contributed by atoms with E-state index in [1.54, 1.807) is 28.0 Å². The van der Waals surface area contributed by atoms with Gasteiger partial charge in [-0.05, 0) is 38.5 Å². The summed E-state index contributed by atoms with van der Waals surface area (Å²) in [5.41, 5.74) is 1.24. The molecule has 7 heteroatoms. The summed E-state index contributed by atoms with van der Waals surface area (Å²) in [5, 5.41) is 0. The molecule has 0 aromatic heterocycles. The lowest BCUT2D eigenvalue weighted by Gasteiger charge is -2.43. The molecule has 1 fully saturated rings. The number of benzene rings is 1. The van der Waals surface area contributed by atoms with Gasteiger partial charge in [0, 0.05) is 25.2 Å². The van der Waals surface area contributed by atoms with E-state index in [0.717, 1.165) is 5.56 Å². The maximum Gasteiger partial charge on any atom is 0.410 e. The minimum absolute atomic E-state index is 0.0333. The van der Waals surface area contributed by atoms with Crippen LogP contribution in [0.15, 0.2) is 18.2 Å². The fraction of sp³-hybridized carbons (Fsp3) is 0.500. The van der Waals surface area contributed by atoms with Crippen LogP contribution in [-0.2, 0) is 16.0 Å². The van der Waals surface area contributed by atoms with E-state index in [1.165, 1.54) is 7.11 Å². The van der Waals surface area contributed by atoms with Crippen LogP contribution in [0.4, 0.5) is 4.79 Å². The van der Waals surface area contributed by atoms with Gasteiger partial charge in [-0.2, -0.15) is 0 Å². The third-order valence-corrected chi connectivity index (χ3v) is 4.32. The molecule has 0 spiro atoms. The van der Waals surface area contributed by atoms with Crippen LogP contribution < -0.4 is 0 Å². The summed E-state index contributed by atoms with van der Waals surface area (Å²) in [7, 11) is 1.31. The van der Waals surface area contributed by atoms with Crippen molar-refractivity contribution < 1.29 is 23.9 Å². The molecule has 2 aliphatic heterocycles. The molecule has 1 aromatic carbocycles. The summed E-state index contributed by atoms with van der Waals surface area (Å²) < 4.78 is 10.0. The number of hydrogen-bond acceptors (Lipinski definition) is 5. The molecule has 0 bridgehead atoms. The first kappa shape index (κ1) is 17.3. The summed E-state index contributed by atoms with van der Waals surface area (Å²) in [6.07, 6.45) is -0.360. The molecule has 7 nitrogen and oxygen atoms in total. The average molecular weight is 346 g/mol. The number of ether oxygens (including phenoxy) is 2. The van der Waals surface area contributed by atoms with E-state index in [9.17, 15) is 14.4 Å². The number of amides is 2. The third-order valence-electron chi connectivity index (χ3n) is 4.32. The molecule has 0 N–H and O–H groups in total. The molecule has 3 rings (SSSR count). The van der Waals surface area contributed by atoms with Gasteiger partial charge in [0.25, 0.3) is 5.91 Å². The number of nitrogens with zero attached hydrogens (tertiary/aromatic N) is 2. The molecule has 2 heterocycles. The van der Waals surface area contributed by atoms with Gasteiger partial charge in [-0.1, -0.05) is 6.07 Å². The van der Waals surface area contributed by atoms with E-state index >= 15 is 0 Å². The molecule has 1 aromatic rings. The Bertz CT molecular complexity index is 731. The van der Waals surface area contributed by atoms with E-state index in [1.807, 2.05) is 20.8 Å². The number of carbonyl (C=O) groups excluding carboxylic acids is 3. The lowest BCUT2D eigenvalue weighted by molar-refractivity contribution is -0.0125. The summed E-state index contributed by atoms with van der Waals surface area (Å²) in [6.45, 7) is 6.87. The number of rotatable bonds is 2. The fourth-order valence-corrected chi connectivity index (χ4v) is 2.99. The Hall–Kier alpha value is -2.57. The maximum absolute atomic E-state index is 12.6. The zero-order valence-corrected chi connectivity index (χ0v) is 14.9. The zero-order valence-electron chi connectivity index (χ0n) is 14.9. The lowest BCUT2D eigenvalue weighted by atomic mass is 10.1. The second-order valence-electron chi connectivity index (χ2n) is 7.34. The average Bonchev–Trinajstić information content (AvgIpc) is 2.80. The Kier molecular flexibility index (Phi) is 4.18. The van der Waals surface area contributed by atoms with Gasteiger partial charge in [0.1, 0.15) is 5.60 Å². The summed E-state index contributed by atoms with van der Waals surface area (Å²) >= 11 is 0. The molecular weight excluding hydrogens is 324 g/mol. The summed E-state index contributed by atoms with van der Waals surface area (Å²) in [4.78, 5) is 39.6. The highest BCUT2D eigenvalue weighted by atomic mass is 16.6. The first-order valence-electron chi connectivity index (χ1n) is 8.20. The molecule has 0 radical (unpaired) electrons. The highest BCUT2D eigenvalue weighted by Gasteiger charge is 2.42. The molecule has 0 aliphatic carbocycles. The van der Waals surface area contributed by atoms with Crippen molar-refractivity contribution >= 4 is 18.0 Å². The first-order valence-corrected chi connectivity index (χ1v) is 8.20. The predicted octanol–water partition coefficient (Wildman–Crippen LogP) is 2.05. The normalized spacial score (nSPS) is 17.2. The van der Waals surface area contributed by atoms with Gasteiger partial charge >= 0.3 is 12.1 Å². The van der Waals surface area contributed by atoms with E-state index in [4.69, 9.17) is 9.47 Å². The molecule has 2 aliphatic rings. The number of likely N-dealkylation sites (tertiary alicyclic amines) is 1. The summed E-state index contributed by atoms with van der Waals surface area (Å²) in [6, 6.07) is 4.99. The van der Waals surface area contributed by atoms with Crippen LogP contribution in [-0.4, -0.2) is 59.6 Å². The molecule has 25 heavy (non-hydrogen) atoms. The first-order chi connectivity index (χ1) is 11.7. The highest BCUT2D eigenvalue weighted by molar-refractivity contribution is 6.01. The van der Waals surface area contributed by atoms with Gasteiger partial charge < -0.3 is 19.3 Å². The maximum atomic E-state index is 12.6. The molecule has 2 amide bonds. The van der Waals surface area contributed by atoms with Crippen molar-refractivity contribution in [1.29, 1.82) is 0 Å². The lowest BCUT2D eigenvalue weighted by Crippen LogP contribution is -2.61. The van der Waals surface area contributed by atoms with Gasteiger partial charge in [0.05, 0.1) is 18.7 Å². The van der Waals surface area contributed by atoms with Crippen molar-refractivity contribution in [3.8, 4) is 0 Å². The molecule has 0 saturated carbocycles. The zero-order chi connectivity index (χ0) is 18.4. The van der Waals surface area contributed by atoms with E-state index in [2.05, 4.69) is 0 Å². The van der Waals surface area contributed by atoms with Crippen LogP contribution in [0.1, 0.15) is 47.1 Å². The number of fused-ring (bicyclic) bond motifs is 1. The van der Waals surface area contributed by atoms with Crippen molar-refractivity contribution in [3.05, 3.63) is 34.9 Å². The van der Waals surface area contributed by atoms with E-state index in [-0.39, 0.29) is 18.0 Å². The van der Waals surface area contributed by atoms with E-state index in [0.29, 0.717) is 30.8 Å². The van der Waals surface area contributed by atoms with Gasteiger partial charge in [-0.3, -0.25) is 4.79 Å². The second-order valence-corrected chi connectivity index (χ2v) is 7.34. The molecule has 0 unspecified atom stereocenters. The van der Waals surface area contributed by atoms with Crippen molar-refractivity contribution in [2.24, 2.45) is 0 Å². The Morgan fingerprint density at radius 3 is 2.48 bits per heavy atom. The van der Waals surface area contributed by atoms with Crippen molar-refractivity contribution in [2.45, 2.75) is 39.0 Å². The largest absolute Gasteiger partial charge is 0.465 e. The van der Waals surface area contributed by atoms with E-state index < -0.39 is 11.6 Å². The van der Waals surface area contributed by atoms with Crippen LogP contribution >= 0.6 is 0 Å². The Balaban J connectivity index is 1.64. The molecule has 0 atom stereocenters.